The van der Waals surface area contributed by atoms with Crippen molar-refractivity contribution in [2.45, 2.75) is 32.2 Å². The van der Waals surface area contributed by atoms with Gasteiger partial charge in [0, 0.05) is 18.8 Å². The minimum atomic E-state index is -0.886. The van der Waals surface area contributed by atoms with Crippen LogP contribution in [-0.2, 0) is 4.79 Å². The minimum Gasteiger partial charge on any atom is -0.348 e. The Labute approximate surface area is 152 Å². The van der Waals surface area contributed by atoms with Crippen molar-refractivity contribution in [3.63, 3.8) is 0 Å². The number of benzene rings is 1. The summed E-state index contributed by atoms with van der Waals surface area (Å²) in [6.45, 7) is 5.56. The second kappa shape index (κ2) is 7.66. The second-order valence-electron chi connectivity index (χ2n) is 6.05. The summed E-state index contributed by atoms with van der Waals surface area (Å²) in [7, 11) is 0. The van der Waals surface area contributed by atoms with Crippen LogP contribution in [0.3, 0.4) is 0 Å². The molecule has 1 fully saturated rings. The zero-order valence-electron chi connectivity index (χ0n) is 13.2. The zero-order valence-corrected chi connectivity index (χ0v) is 15.6. The van der Waals surface area contributed by atoms with Gasteiger partial charge in [0.15, 0.2) is 5.13 Å². The van der Waals surface area contributed by atoms with E-state index in [9.17, 15) is 4.79 Å². The van der Waals surface area contributed by atoms with Crippen molar-refractivity contribution in [3.05, 3.63) is 18.2 Å². The predicted octanol–water partition coefficient (Wildman–Crippen LogP) is 3.42. The number of rotatable bonds is 3. The van der Waals surface area contributed by atoms with Crippen molar-refractivity contribution in [1.82, 2.24) is 4.98 Å². The molecule has 0 unspecified atom stereocenters. The summed E-state index contributed by atoms with van der Waals surface area (Å²) in [4.78, 5) is 18.9. The van der Waals surface area contributed by atoms with E-state index < -0.39 is 5.54 Å². The highest BCUT2D eigenvalue weighted by molar-refractivity contribution is 7.22. The largest absolute Gasteiger partial charge is 0.348 e. The number of anilines is 2. The summed E-state index contributed by atoms with van der Waals surface area (Å²) in [6.07, 6.45) is 2.48. The number of thiazole rings is 1. The highest BCUT2D eigenvalue weighted by atomic mass is 35.5. The maximum absolute atomic E-state index is 11.9. The Morgan fingerprint density at radius 1 is 1.30 bits per heavy atom. The van der Waals surface area contributed by atoms with Gasteiger partial charge in [-0.2, -0.15) is 0 Å². The fourth-order valence-corrected chi connectivity index (χ4v) is 3.38. The van der Waals surface area contributed by atoms with Crippen LogP contribution in [0.15, 0.2) is 18.2 Å². The number of hydrogen-bond donors (Lipinski definition) is 2. The van der Waals surface area contributed by atoms with Crippen LogP contribution in [0.4, 0.5) is 10.8 Å². The fraction of sp³-hybridized carbons (Fsp3) is 0.467. The Morgan fingerprint density at radius 3 is 2.57 bits per heavy atom. The average molecular weight is 377 g/mol. The number of carbonyl (C=O) groups excluding carboxylic acids is 1. The first-order chi connectivity index (χ1) is 9.93. The van der Waals surface area contributed by atoms with Gasteiger partial charge in [-0.05, 0) is 44.9 Å². The number of hydrogen-bond acceptors (Lipinski definition) is 5. The van der Waals surface area contributed by atoms with Crippen molar-refractivity contribution in [3.8, 4) is 0 Å². The molecule has 2 aromatic rings. The molecule has 0 aliphatic carbocycles. The van der Waals surface area contributed by atoms with E-state index in [-0.39, 0.29) is 30.7 Å². The van der Waals surface area contributed by atoms with Gasteiger partial charge in [0.25, 0.3) is 0 Å². The molecule has 0 spiro atoms. The van der Waals surface area contributed by atoms with Crippen LogP contribution in [0, 0.1) is 0 Å². The van der Waals surface area contributed by atoms with Crippen LogP contribution in [0.5, 0.6) is 0 Å². The SMILES string of the molecule is CC(C)(N)C(=O)Nc1ccc2nc(N3CCCC3)sc2c1.Cl.Cl. The lowest BCUT2D eigenvalue weighted by Gasteiger charge is -2.17. The Balaban J connectivity index is 0.00000132. The molecule has 23 heavy (non-hydrogen) atoms. The van der Waals surface area contributed by atoms with E-state index in [4.69, 9.17) is 5.73 Å². The van der Waals surface area contributed by atoms with Crippen molar-refractivity contribution in [2.75, 3.05) is 23.3 Å². The number of amides is 1. The summed E-state index contributed by atoms with van der Waals surface area (Å²) in [5.41, 5.74) is 6.66. The lowest BCUT2D eigenvalue weighted by atomic mass is 10.1. The minimum absolute atomic E-state index is 0. The van der Waals surface area contributed by atoms with Crippen LogP contribution >= 0.6 is 36.2 Å². The van der Waals surface area contributed by atoms with E-state index in [1.54, 1.807) is 25.2 Å². The van der Waals surface area contributed by atoms with Crippen LogP contribution in [0.1, 0.15) is 26.7 Å². The molecular weight excluding hydrogens is 355 g/mol. The molecule has 5 nitrogen and oxygen atoms in total. The number of carbonyl (C=O) groups is 1. The van der Waals surface area contributed by atoms with Gasteiger partial charge < -0.3 is 16.0 Å². The zero-order chi connectivity index (χ0) is 15.0. The summed E-state index contributed by atoms with van der Waals surface area (Å²) in [6, 6.07) is 5.79. The maximum atomic E-state index is 11.9. The van der Waals surface area contributed by atoms with E-state index in [1.165, 1.54) is 12.8 Å². The van der Waals surface area contributed by atoms with Gasteiger partial charge in [0.1, 0.15) is 0 Å². The Kier molecular flexibility index (Phi) is 6.65. The van der Waals surface area contributed by atoms with Gasteiger partial charge >= 0.3 is 0 Å². The van der Waals surface area contributed by atoms with E-state index in [2.05, 4.69) is 15.2 Å². The smallest absolute Gasteiger partial charge is 0.243 e. The maximum Gasteiger partial charge on any atom is 0.243 e. The van der Waals surface area contributed by atoms with E-state index in [0.717, 1.165) is 34.1 Å². The third-order valence-electron chi connectivity index (χ3n) is 3.60. The first-order valence-electron chi connectivity index (χ1n) is 7.19. The molecule has 1 aliphatic heterocycles. The molecule has 1 saturated heterocycles. The molecule has 1 aliphatic rings. The first kappa shape index (κ1) is 20.0. The Bertz CT molecular complexity index is 678. The molecule has 128 valence electrons. The molecule has 1 aromatic heterocycles. The van der Waals surface area contributed by atoms with Gasteiger partial charge in [-0.15, -0.1) is 24.8 Å². The first-order valence-corrected chi connectivity index (χ1v) is 8.01. The Morgan fingerprint density at radius 2 is 1.96 bits per heavy atom. The van der Waals surface area contributed by atoms with Gasteiger partial charge in [-0.25, -0.2) is 4.98 Å². The molecular formula is C15H22Cl2N4OS. The van der Waals surface area contributed by atoms with E-state index >= 15 is 0 Å². The van der Waals surface area contributed by atoms with E-state index in [1.807, 2.05) is 18.2 Å². The third-order valence-corrected chi connectivity index (χ3v) is 4.68. The quantitative estimate of drug-likeness (QED) is 0.860. The molecule has 0 radical (unpaired) electrons. The summed E-state index contributed by atoms with van der Waals surface area (Å²) in [5.74, 6) is -0.189. The van der Waals surface area contributed by atoms with Crippen LogP contribution in [-0.4, -0.2) is 29.5 Å². The van der Waals surface area contributed by atoms with Crippen molar-refractivity contribution < 1.29 is 4.79 Å². The van der Waals surface area contributed by atoms with Gasteiger partial charge in [0.2, 0.25) is 5.91 Å². The average Bonchev–Trinajstić information content (AvgIpc) is 3.05. The molecule has 3 N–H and O–H groups in total. The van der Waals surface area contributed by atoms with Gasteiger partial charge in [-0.1, -0.05) is 11.3 Å². The van der Waals surface area contributed by atoms with Crippen LogP contribution in [0.2, 0.25) is 0 Å². The normalized spacial score (nSPS) is 14.3. The second-order valence-corrected chi connectivity index (χ2v) is 7.06. The summed E-state index contributed by atoms with van der Waals surface area (Å²) < 4.78 is 1.09. The lowest BCUT2D eigenvalue weighted by molar-refractivity contribution is -0.120. The molecule has 0 bridgehead atoms. The number of halogens is 2. The number of fused-ring (bicyclic) bond motifs is 1. The highest BCUT2D eigenvalue weighted by Gasteiger charge is 2.22. The van der Waals surface area contributed by atoms with Crippen molar-refractivity contribution >= 4 is 63.1 Å². The molecule has 1 aromatic carbocycles. The number of nitrogens with one attached hydrogen (secondary N) is 1. The summed E-state index contributed by atoms with van der Waals surface area (Å²) >= 11 is 1.68. The molecule has 1 amide bonds. The number of nitrogens with two attached hydrogens (primary N) is 1. The molecule has 0 atom stereocenters. The Hall–Kier alpha value is -1.08. The van der Waals surface area contributed by atoms with Gasteiger partial charge in [-0.3, -0.25) is 4.79 Å². The molecule has 3 rings (SSSR count). The monoisotopic (exact) mass is 376 g/mol. The van der Waals surface area contributed by atoms with Crippen LogP contribution in [0.25, 0.3) is 10.2 Å². The van der Waals surface area contributed by atoms with Gasteiger partial charge in [0.05, 0.1) is 15.8 Å². The number of nitrogens with zero attached hydrogens (tertiary/aromatic N) is 2. The van der Waals surface area contributed by atoms with E-state index in [0.29, 0.717) is 0 Å². The predicted molar refractivity (Wildman–Crippen MR) is 102 cm³/mol. The number of aromatic nitrogens is 1. The highest BCUT2D eigenvalue weighted by Crippen LogP contribution is 2.32. The van der Waals surface area contributed by atoms with Crippen LogP contribution < -0.4 is 16.0 Å². The summed E-state index contributed by atoms with van der Waals surface area (Å²) in [5, 5.41) is 3.93. The van der Waals surface area contributed by atoms with Crippen molar-refractivity contribution in [2.24, 2.45) is 5.73 Å². The lowest BCUT2D eigenvalue weighted by Crippen LogP contribution is -2.45. The fourth-order valence-electron chi connectivity index (χ4n) is 2.33. The van der Waals surface area contributed by atoms with Crippen molar-refractivity contribution in [1.29, 1.82) is 0 Å². The topological polar surface area (TPSA) is 71.2 Å². The molecule has 2 heterocycles. The standard InChI is InChI=1S/C15H20N4OS.2ClH/c1-15(2,16)13(20)17-10-5-6-11-12(9-10)21-14(18-11)19-7-3-4-8-19;;/h5-6,9H,3-4,7-8,16H2,1-2H3,(H,17,20);2*1H. The molecule has 0 saturated carbocycles. The third kappa shape index (κ3) is 4.47. The molecule has 8 heteroatoms.